The van der Waals surface area contributed by atoms with Crippen molar-refractivity contribution in [3.8, 4) is 0 Å². The van der Waals surface area contributed by atoms with E-state index in [0.29, 0.717) is 0 Å². The number of carbonyl (C=O) groups excluding carboxylic acids is 2. The van der Waals surface area contributed by atoms with Gasteiger partial charge < -0.3 is 4.74 Å². The molecule has 0 fully saturated rings. The van der Waals surface area contributed by atoms with Crippen LogP contribution in [-0.2, 0) is 26.7 Å². The van der Waals surface area contributed by atoms with Gasteiger partial charge in [-0.1, -0.05) is 26.0 Å². The van der Waals surface area contributed by atoms with Gasteiger partial charge in [-0.25, -0.2) is 0 Å². The number of benzene rings is 1. The zero-order valence-electron chi connectivity index (χ0n) is 18.8. The first-order valence-corrected chi connectivity index (χ1v) is 10.6. The number of halogens is 6. The zero-order chi connectivity index (χ0) is 25.7. The molecule has 0 saturated heterocycles. The highest BCUT2D eigenvalue weighted by Gasteiger charge is 2.38. The maximum atomic E-state index is 13.7. The molecule has 0 radical (unpaired) electrons. The van der Waals surface area contributed by atoms with Crippen molar-refractivity contribution in [2.24, 2.45) is 11.8 Å². The van der Waals surface area contributed by atoms with E-state index in [4.69, 9.17) is 4.74 Å². The topological polar surface area (TPSA) is 56.3 Å². The normalized spacial score (nSPS) is 14.1. The van der Waals surface area contributed by atoms with Gasteiger partial charge in [0.25, 0.3) is 0 Å². The summed E-state index contributed by atoms with van der Waals surface area (Å²) in [5, 5.41) is 0. The number of pyridine rings is 1. The maximum Gasteiger partial charge on any atom is 0.418 e. The molecule has 186 valence electrons. The van der Waals surface area contributed by atoms with Crippen LogP contribution in [0, 0.1) is 11.8 Å². The van der Waals surface area contributed by atoms with Crippen molar-refractivity contribution >= 4 is 11.8 Å². The Morgan fingerprint density at radius 2 is 1.56 bits per heavy atom. The lowest BCUT2D eigenvalue weighted by Gasteiger charge is -2.23. The summed E-state index contributed by atoms with van der Waals surface area (Å²) in [6.07, 6.45) is -9.05. The number of aromatic nitrogens is 1. The maximum absolute atomic E-state index is 13.7. The summed E-state index contributed by atoms with van der Waals surface area (Å²) >= 11 is 0. The van der Waals surface area contributed by atoms with Crippen LogP contribution in [0.25, 0.3) is 0 Å². The van der Waals surface area contributed by atoms with Gasteiger partial charge in [-0.05, 0) is 42.7 Å². The Balaban J connectivity index is 2.47. The summed E-state index contributed by atoms with van der Waals surface area (Å²) < 4.78 is 84.9. The third-order valence-corrected chi connectivity index (χ3v) is 5.39. The van der Waals surface area contributed by atoms with Crippen molar-refractivity contribution in [3.63, 3.8) is 0 Å². The molecule has 34 heavy (non-hydrogen) atoms. The number of ketones is 1. The largest absolute Gasteiger partial charge is 0.466 e. The predicted octanol–water partition coefficient (Wildman–Crippen LogP) is 6.44. The van der Waals surface area contributed by atoms with Crippen LogP contribution in [-0.4, -0.2) is 23.3 Å². The Morgan fingerprint density at radius 3 is 2.06 bits per heavy atom. The first kappa shape index (κ1) is 27.3. The van der Waals surface area contributed by atoms with Crippen LogP contribution in [0.5, 0.6) is 0 Å². The lowest BCUT2D eigenvalue weighted by molar-refractivity contribution is -0.151. The molecular formula is C24H25F6NO3. The van der Waals surface area contributed by atoms with E-state index in [2.05, 4.69) is 4.98 Å². The monoisotopic (exact) mass is 489 g/mol. The molecule has 0 N–H and O–H groups in total. The van der Waals surface area contributed by atoms with Crippen LogP contribution in [0.2, 0.25) is 0 Å². The van der Waals surface area contributed by atoms with E-state index in [1.54, 1.807) is 20.8 Å². The molecule has 0 aliphatic carbocycles. The molecule has 0 saturated carbocycles. The second-order valence-electron chi connectivity index (χ2n) is 8.16. The number of Topliss-reactive ketones (excluding diaryl/α,β-unsaturated/α-hetero) is 1. The number of nitrogens with zero attached hydrogens (tertiary/aromatic N) is 1. The van der Waals surface area contributed by atoms with Crippen LogP contribution >= 0.6 is 0 Å². The molecule has 1 aromatic carbocycles. The number of esters is 1. The Bertz CT molecular complexity index is 983. The Morgan fingerprint density at radius 1 is 0.941 bits per heavy atom. The second kappa shape index (κ2) is 11.0. The minimum Gasteiger partial charge on any atom is -0.466 e. The van der Waals surface area contributed by atoms with Crippen molar-refractivity contribution < 1.29 is 40.7 Å². The van der Waals surface area contributed by atoms with E-state index < -0.39 is 59.2 Å². The third-order valence-electron chi connectivity index (χ3n) is 5.39. The molecule has 2 aromatic rings. The van der Waals surface area contributed by atoms with Gasteiger partial charge in [0, 0.05) is 25.0 Å². The average Bonchev–Trinajstić information content (AvgIpc) is 2.74. The SMILES string of the molecule is CCOC(=O)C(CC(=O)C[C@@H](c1ccc(C(F)(F)F)cc1)c1ncccc1C(F)(F)F)C(C)C. The van der Waals surface area contributed by atoms with Crippen molar-refractivity contribution in [3.05, 3.63) is 65.0 Å². The zero-order valence-corrected chi connectivity index (χ0v) is 18.8. The number of hydrogen-bond donors (Lipinski definition) is 0. The molecule has 0 spiro atoms. The van der Waals surface area contributed by atoms with Gasteiger partial charge in [-0.15, -0.1) is 0 Å². The molecule has 1 aromatic heterocycles. The Labute approximate surface area is 193 Å². The molecule has 0 bridgehead atoms. The number of hydrogen-bond acceptors (Lipinski definition) is 4. The lowest BCUT2D eigenvalue weighted by Crippen LogP contribution is -2.26. The number of ether oxygens (including phenoxy) is 1. The van der Waals surface area contributed by atoms with Crippen LogP contribution in [0.15, 0.2) is 42.6 Å². The van der Waals surface area contributed by atoms with Gasteiger partial charge in [0.05, 0.1) is 29.3 Å². The van der Waals surface area contributed by atoms with E-state index in [1.807, 2.05) is 0 Å². The van der Waals surface area contributed by atoms with E-state index in [0.717, 1.165) is 42.6 Å². The minimum absolute atomic E-state index is 0.0720. The minimum atomic E-state index is -4.79. The van der Waals surface area contributed by atoms with Crippen molar-refractivity contribution in [2.45, 2.75) is 51.9 Å². The summed E-state index contributed by atoms with van der Waals surface area (Å²) in [7, 11) is 0. The number of alkyl halides is 6. The Kier molecular flexibility index (Phi) is 8.85. The highest BCUT2D eigenvalue weighted by Crippen LogP contribution is 2.39. The van der Waals surface area contributed by atoms with E-state index in [-0.39, 0.29) is 24.5 Å². The highest BCUT2D eigenvalue weighted by molar-refractivity contribution is 5.85. The average molecular weight is 489 g/mol. The second-order valence-corrected chi connectivity index (χ2v) is 8.16. The first-order valence-electron chi connectivity index (χ1n) is 10.6. The Hall–Kier alpha value is -2.91. The standard InChI is InChI=1S/C24H25F6NO3/c1-4-34-22(33)18(14(2)3)12-17(32)13-19(15-7-9-16(10-8-15)23(25,26)27)21-20(24(28,29)30)6-5-11-31-21/h5-11,14,18-19H,4,12-13H2,1-3H3/t18?,19-/m0/s1. The van der Waals surface area contributed by atoms with E-state index >= 15 is 0 Å². The molecule has 4 nitrogen and oxygen atoms in total. The van der Waals surface area contributed by atoms with E-state index in [9.17, 15) is 35.9 Å². The van der Waals surface area contributed by atoms with E-state index in [1.165, 1.54) is 0 Å². The van der Waals surface area contributed by atoms with Gasteiger partial charge in [0.2, 0.25) is 0 Å². The van der Waals surface area contributed by atoms with Gasteiger partial charge >= 0.3 is 18.3 Å². The van der Waals surface area contributed by atoms with Crippen LogP contribution in [0.1, 0.15) is 61.9 Å². The smallest absolute Gasteiger partial charge is 0.418 e. The van der Waals surface area contributed by atoms with Gasteiger partial charge in [-0.3, -0.25) is 14.6 Å². The molecule has 0 amide bonds. The molecule has 10 heteroatoms. The molecule has 0 aliphatic rings. The highest BCUT2D eigenvalue weighted by atomic mass is 19.4. The lowest BCUT2D eigenvalue weighted by atomic mass is 9.83. The summed E-state index contributed by atoms with van der Waals surface area (Å²) in [4.78, 5) is 29.0. The molecular weight excluding hydrogens is 464 g/mol. The van der Waals surface area contributed by atoms with Crippen molar-refractivity contribution in [2.75, 3.05) is 6.61 Å². The fourth-order valence-corrected chi connectivity index (χ4v) is 3.61. The summed E-state index contributed by atoms with van der Waals surface area (Å²) in [6, 6.07) is 5.48. The molecule has 1 heterocycles. The number of rotatable bonds is 9. The van der Waals surface area contributed by atoms with Crippen LogP contribution < -0.4 is 0 Å². The van der Waals surface area contributed by atoms with Gasteiger partial charge in [0.15, 0.2) is 0 Å². The third kappa shape index (κ3) is 7.04. The predicted molar refractivity (Wildman–Crippen MR) is 112 cm³/mol. The summed E-state index contributed by atoms with van der Waals surface area (Å²) in [5.41, 5.74) is -2.46. The summed E-state index contributed by atoms with van der Waals surface area (Å²) in [5.74, 6) is -3.46. The fraction of sp³-hybridized carbons (Fsp3) is 0.458. The molecule has 2 atom stereocenters. The van der Waals surface area contributed by atoms with Crippen LogP contribution in [0.3, 0.4) is 0 Å². The number of carbonyl (C=O) groups is 2. The molecule has 2 rings (SSSR count). The van der Waals surface area contributed by atoms with Crippen molar-refractivity contribution in [1.82, 2.24) is 4.98 Å². The quantitative estimate of drug-likeness (QED) is 0.301. The fourth-order valence-electron chi connectivity index (χ4n) is 3.61. The first-order chi connectivity index (χ1) is 15.8. The molecule has 0 aliphatic heterocycles. The molecule has 1 unspecified atom stereocenters. The van der Waals surface area contributed by atoms with Crippen LogP contribution in [0.4, 0.5) is 26.3 Å². The summed E-state index contributed by atoms with van der Waals surface area (Å²) in [6.45, 7) is 5.14. The van der Waals surface area contributed by atoms with Gasteiger partial charge in [-0.2, -0.15) is 26.3 Å². The van der Waals surface area contributed by atoms with Gasteiger partial charge in [0.1, 0.15) is 5.78 Å². The van der Waals surface area contributed by atoms with Crippen molar-refractivity contribution in [1.29, 1.82) is 0 Å².